The number of nitrogens with one attached hydrogen (secondary N) is 1. The highest BCUT2D eigenvalue weighted by atomic mass is 19.1. The topological polar surface area (TPSA) is 37.8 Å². The van der Waals surface area contributed by atoms with Crippen LogP contribution in [-0.2, 0) is 6.54 Å². The first-order chi connectivity index (χ1) is 8.59. The number of rotatable bonds is 3. The molecule has 2 aromatic rings. The van der Waals surface area contributed by atoms with Crippen LogP contribution in [0.5, 0.6) is 0 Å². The van der Waals surface area contributed by atoms with Gasteiger partial charge in [0.1, 0.15) is 23.8 Å². The molecular formula is C13H13F2N3. The molecule has 0 radical (unpaired) electrons. The summed E-state index contributed by atoms with van der Waals surface area (Å²) >= 11 is 0. The second-order valence-electron chi connectivity index (χ2n) is 3.99. The van der Waals surface area contributed by atoms with Gasteiger partial charge in [-0.05, 0) is 26.0 Å². The fraction of sp³-hybridized carbons (Fsp3) is 0.231. The number of nitrogens with zero attached hydrogens (tertiary/aromatic N) is 2. The molecule has 18 heavy (non-hydrogen) atoms. The Kier molecular flexibility index (Phi) is 3.50. The summed E-state index contributed by atoms with van der Waals surface area (Å²) in [6, 6.07) is 3.81. The maximum atomic E-state index is 13.4. The molecule has 0 unspecified atom stereocenters. The van der Waals surface area contributed by atoms with Gasteiger partial charge in [0.2, 0.25) is 0 Å². The van der Waals surface area contributed by atoms with Crippen LogP contribution in [0.4, 0.5) is 14.6 Å². The van der Waals surface area contributed by atoms with E-state index in [4.69, 9.17) is 0 Å². The molecule has 0 saturated carbocycles. The zero-order valence-corrected chi connectivity index (χ0v) is 10.2. The molecule has 0 fully saturated rings. The van der Waals surface area contributed by atoms with Crippen LogP contribution in [-0.4, -0.2) is 9.97 Å². The highest BCUT2D eigenvalue weighted by Crippen LogP contribution is 2.16. The Labute approximate surface area is 104 Å². The Morgan fingerprint density at radius 1 is 1.11 bits per heavy atom. The molecule has 2 rings (SSSR count). The molecule has 0 aliphatic heterocycles. The van der Waals surface area contributed by atoms with Gasteiger partial charge in [0.05, 0.1) is 0 Å². The lowest BCUT2D eigenvalue weighted by Gasteiger charge is -2.10. The molecule has 1 aromatic carbocycles. The summed E-state index contributed by atoms with van der Waals surface area (Å²) in [4.78, 5) is 8.08. The molecule has 0 spiro atoms. The van der Waals surface area contributed by atoms with E-state index in [9.17, 15) is 8.78 Å². The number of benzene rings is 1. The van der Waals surface area contributed by atoms with Gasteiger partial charge in [-0.1, -0.05) is 6.07 Å². The molecule has 0 atom stereocenters. The number of anilines is 1. The molecule has 0 saturated heterocycles. The Bertz CT molecular complexity index is 550. The molecule has 1 heterocycles. The Balaban J connectivity index is 2.19. The molecular weight excluding hydrogens is 236 g/mol. The smallest absolute Gasteiger partial charge is 0.132 e. The summed E-state index contributed by atoms with van der Waals surface area (Å²) in [5.41, 5.74) is 1.71. The lowest BCUT2D eigenvalue weighted by atomic mass is 10.2. The van der Waals surface area contributed by atoms with Crippen LogP contribution < -0.4 is 5.32 Å². The summed E-state index contributed by atoms with van der Waals surface area (Å²) in [5.74, 6) is -0.540. The van der Waals surface area contributed by atoms with E-state index in [2.05, 4.69) is 15.3 Å². The van der Waals surface area contributed by atoms with Crippen LogP contribution in [0.15, 0.2) is 24.5 Å². The summed E-state index contributed by atoms with van der Waals surface area (Å²) in [5, 5.41) is 2.92. The van der Waals surface area contributed by atoms with Crippen LogP contribution in [0.25, 0.3) is 0 Å². The quantitative estimate of drug-likeness (QED) is 0.908. The van der Waals surface area contributed by atoms with Gasteiger partial charge < -0.3 is 5.32 Å². The largest absolute Gasteiger partial charge is 0.365 e. The highest BCUT2D eigenvalue weighted by Gasteiger charge is 2.09. The van der Waals surface area contributed by atoms with Crippen molar-refractivity contribution in [2.45, 2.75) is 20.4 Å². The van der Waals surface area contributed by atoms with Gasteiger partial charge >= 0.3 is 0 Å². The predicted octanol–water partition coefficient (Wildman–Crippen LogP) is 2.98. The van der Waals surface area contributed by atoms with E-state index in [1.54, 1.807) is 0 Å². The molecule has 0 aliphatic rings. The average Bonchev–Trinajstić information content (AvgIpc) is 2.33. The van der Waals surface area contributed by atoms with Crippen molar-refractivity contribution < 1.29 is 8.78 Å². The number of aryl methyl sites for hydroxylation is 1. The van der Waals surface area contributed by atoms with E-state index in [1.165, 1.54) is 24.5 Å². The van der Waals surface area contributed by atoms with Crippen molar-refractivity contribution in [2.24, 2.45) is 0 Å². The van der Waals surface area contributed by atoms with Crippen LogP contribution in [0.3, 0.4) is 0 Å². The van der Waals surface area contributed by atoms with Crippen LogP contribution >= 0.6 is 0 Å². The third-order valence-electron chi connectivity index (χ3n) is 2.83. The fourth-order valence-electron chi connectivity index (χ4n) is 1.59. The highest BCUT2D eigenvalue weighted by molar-refractivity contribution is 5.45. The summed E-state index contributed by atoms with van der Waals surface area (Å²) in [6.07, 6.45) is 1.42. The van der Waals surface area contributed by atoms with E-state index in [0.717, 1.165) is 11.3 Å². The maximum Gasteiger partial charge on any atom is 0.132 e. The van der Waals surface area contributed by atoms with E-state index in [0.29, 0.717) is 5.82 Å². The molecule has 1 aromatic heterocycles. The van der Waals surface area contributed by atoms with Crippen LogP contribution in [0.1, 0.15) is 16.8 Å². The van der Waals surface area contributed by atoms with Gasteiger partial charge in [-0.15, -0.1) is 0 Å². The van der Waals surface area contributed by atoms with Gasteiger partial charge in [0.15, 0.2) is 0 Å². The first-order valence-corrected chi connectivity index (χ1v) is 5.54. The van der Waals surface area contributed by atoms with E-state index >= 15 is 0 Å². The van der Waals surface area contributed by atoms with Gasteiger partial charge in [-0.3, -0.25) is 0 Å². The third kappa shape index (κ3) is 2.45. The molecule has 0 amide bonds. The normalized spacial score (nSPS) is 10.4. The molecule has 0 aliphatic carbocycles. The number of hydrogen-bond donors (Lipinski definition) is 1. The summed E-state index contributed by atoms with van der Waals surface area (Å²) in [6.45, 7) is 3.76. The molecule has 1 N–H and O–H groups in total. The van der Waals surface area contributed by atoms with Crippen molar-refractivity contribution in [1.82, 2.24) is 9.97 Å². The van der Waals surface area contributed by atoms with E-state index in [-0.39, 0.29) is 12.1 Å². The van der Waals surface area contributed by atoms with Crippen LogP contribution in [0.2, 0.25) is 0 Å². The lowest BCUT2D eigenvalue weighted by molar-refractivity contribution is 0.560. The van der Waals surface area contributed by atoms with Gasteiger partial charge in [0.25, 0.3) is 0 Å². The van der Waals surface area contributed by atoms with Crippen LogP contribution in [0, 0.1) is 25.5 Å². The maximum absolute atomic E-state index is 13.4. The van der Waals surface area contributed by atoms with Gasteiger partial charge in [-0.25, -0.2) is 18.7 Å². The Morgan fingerprint density at radius 2 is 1.78 bits per heavy atom. The van der Waals surface area contributed by atoms with Crippen molar-refractivity contribution in [3.8, 4) is 0 Å². The van der Waals surface area contributed by atoms with Crippen molar-refractivity contribution >= 4 is 5.82 Å². The summed E-state index contributed by atoms with van der Waals surface area (Å²) in [7, 11) is 0. The molecule has 3 nitrogen and oxygen atoms in total. The summed E-state index contributed by atoms with van der Waals surface area (Å²) < 4.78 is 26.8. The Hall–Kier alpha value is -2.04. The Morgan fingerprint density at radius 3 is 2.44 bits per heavy atom. The van der Waals surface area contributed by atoms with Gasteiger partial charge in [-0.2, -0.15) is 0 Å². The first-order valence-electron chi connectivity index (χ1n) is 5.54. The minimum absolute atomic E-state index is 0.00756. The minimum atomic E-state index is -0.564. The van der Waals surface area contributed by atoms with E-state index < -0.39 is 11.6 Å². The molecule has 94 valence electrons. The number of aromatic nitrogens is 2. The van der Waals surface area contributed by atoms with Gasteiger partial charge in [0, 0.05) is 23.4 Å². The van der Waals surface area contributed by atoms with Crippen molar-refractivity contribution in [3.05, 3.63) is 53.0 Å². The zero-order chi connectivity index (χ0) is 13.1. The monoisotopic (exact) mass is 249 g/mol. The number of hydrogen-bond acceptors (Lipinski definition) is 3. The molecule has 0 bridgehead atoms. The van der Waals surface area contributed by atoms with E-state index in [1.807, 2.05) is 13.8 Å². The SMILES string of the molecule is Cc1ncnc(NCc2c(F)cccc2F)c1C. The first kappa shape index (κ1) is 12.4. The minimum Gasteiger partial charge on any atom is -0.365 e. The second-order valence-corrected chi connectivity index (χ2v) is 3.99. The zero-order valence-electron chi connectivity index (χ0n) is 10.2. The second kappa shape index (κ2) is 5.08. The number of halogens is 2. The lowest BCUT2D eigenvalue weighted by Crippen LogP contribution is -2.08. The molecule has 5 heteroatoms. The van der Waals surface area contributed by atoms with Crippen molar-refractivity contribution in [2.75, 3.05) is 5.32 Å². The third-order valence-corrected chi connectivity index (χ3v) is 2.83. The fourth-order valence-corrected chi connectivity index (χ4v) is 1.59. The van der Waals surface area contributed by atoms with Crippen molar-refractivity contribution in [3.63, 3.8) is 0 Å². The van der Waals surface area contributed by atoms with Crippen molar-refractivity contribution in [1.29, 1.82) is 0 Å². The standard InChI is InChI=1S/C13H13F2N3/c1-8-9(2)17-7-18-13(8)16-6-10-11(14)4-3-5-12(10)15/h3-5,7H,6H2,1-2H3,(H,16,17,18). The average molecular weight is 249 g/mol. The predicted molar refractivity (Wildman–Crippen MR) is 65.2 cm³/mol.